The van der Waals surface area contributed by atoms with Crippen LogP contribution in [0.3, 0.4) is 0 Å². The van der Waals surface area contributed by atoms with E-state index in [0.29, 0.717) is 69.6 Å². The lowest BCUT2D eigenvalue weighted by atomic mass is 10.0. The van der Waals surface area contributed by atoms with E-state index >= 15 is 0 Å². The second-order valence-electron chi connectivity index (χ2n) is 10.9. The van der Waals surface area contributed by atoms with Gasteiger partial charge in [0.15, 0.2) is 0 Å². The molecule has 2 aliphatic rings. The molecule has 0 bridgehead atoms. The van der Waals surface area contributed by atoms with Gasteiger partial charge >= 0.3 is 6.09 Å². The number of fused-ring (bicyclic) bond motifs is 1. The van der Waals surface area contributed by atoms with E-state index in [2.05, 4.69) is 16.0 Å². The maximum atomic E-state index is 12.9. The van der Waals surface area contributed by atoms with Crippen molar-refractivity contribution < 1.29 is 47.7 Å². The molecule has 1 unspecified atom stereocenters. The molecule has 43 heavy (non-hydrogen) atoms. The van der Waals surface area contributed by atoms with Crippen LogP contribution in [-0.4, -0.2) is 106 Å². The minimum absolute atomic E-state index is 0.116. The largest absolute Gasteiger partial charge is 0.444 e. The molecule has 1 fully saturated rings. The first kappa shape index (κ1) is 33.9. The molecule has 238 valence electrons. The molecular formula is C29H42N4O10. The fourth-order valence-electron chi connectivity index (χ4n) is 4.38. The normalized spacial score (nSPS) is 16.6. The van der Waals surface area contributed by atoms with Gasteiger partial charge in [0.1, 0.15) is 11.6 Å². The van der Waals surface area contributed by atoms with Crippen molar-refractivity contribution in [2.45, 2.75) is 58.2 Å². The second-order valence-corrected chi connectivity index (χ2v) is 10.9. The summed E-state index contributed by atoms with van der Waals surface area (Å²) in [5.74, 6) is -1.39. The quantitative estimate of drug-likeness (QED) is 0.174. The number of alkyl carbamates (subject to hydrolysis) is 1. The van der Waals surface area contributed by atoms with Gasteiger partial charge in [0.05, 0.1) is 59.3 Å². The first-order valence-electron chi connectivity index (χ1n) is 14.4. The van der Waals surface area contributed by atoms with Crippen molar-refractivity contribution in [3.63, 3.8) is 0 Å². The molecule has 0 radical (unpaired) electrons. The van der Waals surface area contributed by atoms with Crippen molar-refractivity contribution in [1.82, 2.24) is 15.5 Å². The molecule has 2 heterocycles. The Kier molecular flexibility index (Phi) is 13.3. The molecule has 5 amide bonds. The third-order valence-corrected chi connectivity index (χ3v) is 6.36. The molecule has 0 saturated carbocycles. The summed E-state index contributed by atoms with van der Waals surface area (Å²) in [6.45, 7) is 8.70. The average Bonchev–Trinajstić information content (AvgIpc) is 3.27. The summed E-state index contributed by atoms with van der Waals surface area (Å²) in [5.41, 5.74) is 1.05. The van der Waals surface area contributed by atoms with E-state index < -0.39 is 23.6 Å². The smallest absolute Gasteiger partial charge is 0.407 e. The lowest BCUT2D eigenvalue weighted by Crippen LogP contribution is -2.52. The van der Waals surface area contributed by atoms with Gasteiger partial charge < -0.3 is 39.2 Å². The molecule has 1 aromatic rings. The summed E-state index contributed by atoms with van der Waals surface area (Å²) in [6.07, 6.45) is 0.0816. The Morgan fingerprint density at radius 3 is 2.19 bits per heavy atom. The van der Waals surface area contributed by atoms with E-state index in [9.17, 15) is 24.0 Å². The number of rotatable bonds is 17. The molecule has 14 heteroatoms. The number of carbonyl (C=O) groups excluding carboxylic acids is 5. The Bertz CT molecular complexity index is 1140. The predicted octanol–water partition coefficient (Wildman–Crippen LogP) is 1.37. The van der Waals surface area contributed by atoms with Gasteiger partial charge in [-0.15, -0.1) is 0 Å². The highest BCUT2D eigenvalue weighted by Crippen LogP contribution is 2.32. The van der Waals surface area contributed by atoms with E-state index in [-0.39, 0.29) is 50.1 Å². The zero-order valence-electron chi connectivity index (χ0n) is 25.0. The van der Waals surface area contributed by atoms with Gasteiger partial charge in [0.25, 0.3) is 5.91 Å². The topological polar surface area (TPSA) is 171 Å². The summed E-state index contributed by atoms with van der Waals surface area (Å²) >= 11 is 0. The molecule has 0 aromatic heterocycles. The monoisotopic (exact) mass is 606 g/mol. The minimum Gasteiger partial charge on any atom is -0.444 e. The van der Waals surface area contributed by atoms with Crippen LogP contribution in [0.5, 0.6) is 0 Å². The molecule has 3 N–H and O–H groups in total. The van der Waals surface area contributed by atoms with E-state index in [1.54, 1.807) is 39.0 Å². The highest BCUT2D eigenvalue weighted by molar-refractivity contribution is 6.06. The van der Waals surface area contributed by atoms with Crippen LogP contribution < -0.4 is 16.0 Å². The van der Waals surface area contributed by atoms with Gasteiger partial charge in [-0.2, -0.15) is 0 Å². The summed E-state index contributed by atoms with van der Waals surface area (Å²) < 4.78 is 26.8. The second kappa shape index (κ2) is 16.9. The Labute approximate surface area is 251 Å². The van der Waals surface area contributed by atoms with Crippen molar-refractivity contribution >= 4 is 35.4 Å². The standard InChI is InChI=1S/C29H42N4O10/c1-29(2,3)43-28(38)30-10-12-40-14-16-42-18-17-41-15-13-39-11-9-25(35)31-22-6-4-5-20-21(22)19-33(27(20)37)23-7-8-24(34)32-26(23)36/h4-6,23H,7-19H2,1-3H3,(H,30,38)(H,31,35)(H,32,34,36). The molecule has 1 aromatic carbocycles. The number of carbonyl (C=O) groups is 5. The maximum Gasteiger partial charge on any atom is 0.407 e. The molecule has 3 rings (SSSR count). The SMILES string of the molecule is CC(C)(C)OC(=O)NCCOCCOCCOCCOCCC(=O)Nc1cccc2c1CN(C1CCC(=O)NC1=O)C2=O. The predicted molar refractivity (Wildman–Crippen MR) is 153 cm³/mol. The number of nitrogens with one attached hydrogen (secondary N) is 3. The van der Waals surface area contributed by atoms with E-state index in [0.717, 1.165) is 0 Å². The Balaban J connectivity index is 1.19. The third-order valence-electron chi connectivity index (χ3n) is 6.36. The van der Waals surface area contributed by atoms with Crippen molar-refractivity contribution in [3.8, 4) is 0 Å². The first-order chi connectivity index (χ1) is 20.5. The minimum atomic E-state index is -0.719. The van der Waals surface area contributed by atoms with E-state index in [1.807, 2.05) is 0 Å². The average molecular weight is 607 g/mol. The molecule has 14 nitrogen and oxygen atoms in total. The van der Waals surface area contributed by atoms with Crippen molar-refractivity contribution in [3.05, 3.63) is 29.3 Å². The Morgan fingerprint density at radius 1 is 0.930 bits per heavy atom. The summed E-state index contributed by atoms with van der Waals surface area (Å²) in [6, 6.07) is 4.34. The highest BCUT2D eigenvalue weighted by atomic mass is 16.6. The molecule has 2 aliphatic heterocycles. The summed E-state index contributed by atoms with van der Waals surface area (Å²) in [7, 11) is 0. The summed E-state index contributed by atoms with van der Waals surface area (Å²) in [5, 5.41) is 7.72. The van der Waals surface area contributed by atoms with Crippen LogP contribution in [0.2, 0.25) is 0 Å². The van der Waals surface area contributed by atoms with Gasteiger partial charge in [-0.3, -0.25) is 24.5 Å². The number of piperidine rings is 1. The third kappa shape index (κ3) is 11.5. The van der Waals surface area contributed by atoms with Crippen LogP contribution in [0.1, 0.15) is 56.0 Å². The molecular weight excluding hydrogens is 564 g/mol. The van der Waals surface area contributed by atoms with Gasteiger partial charge in [0, 0.05) is 36.3 Å². The maximum absolute atomic E-state index is 12.9. The molecule has 0 spiro atoms. The van der Waals surface area contributed by atoms with E-state index in [4.69, 9.17) is 23.7 Å². The fraction of sp³-hybridized carbons (Fsp3) is 0.621. The van der Waals surface area contributed by atoms with Crippen molar-refractivity contribution in [2.75, 3.05) is 64.7 Å². The molecule has 0 aliphatic carbocycles. The van der Waals surface area contributed by atoms with Crippen LogP contribution in [0.4, 0.5) is 10.5 Å². The van der Waals surface area contributed by atoms with Crippen LogP contribution in [0, 0.1) is 0 Å². The zero-order valence-corrected chi connectivity index (χ0v) is 25.0. The number of imide groups is 1. The van der Waals surface area contributed by atoms with Crippen LogP contribution in [0.15, 0.2) is 18.2 Å². The highest BCUT2D eigenvalue weighted by Gasteiger charge is 2.39. The number of amides is 5. The number of ether oxygens (including phenoxy) is 5. The van der Waals surface area contributed by atoms with Crippen molar-refractivity contribution in [2.24, 2.45) is 0 Å². The Hall–Kier alpha value is -3.59. The van der Waals surface area contributed by atoms with Gasteiger partial charge in [-0.25, -0.2) is 4.79 Å². The molecule has 1 saturated heterocycles. The van der Waals surface area contributed by atoms with Crippen LogP contribution >= 0.6 is 0 Å². The number of nitrogens with zero attached hydrogens (tertiary/aromatic N) is 1. The number of anilines is 1. The first-order valence-corrected chi connectivity index (χ1v) is 14.4. The fourth-order valence-corrected chi connectivity index (χ4v) is 4.38. The van der Waals surface area contributed by atoms with Crippen molar-refractivity contribution in [1.29, 1.82) is 0 Å². The Morgan fingerprint density at radius 2 is 1.56 bits per heavy atom. The number of hydrogen-bond acceptors (Lipinski definition) is 10. The summed E-state index contributed by atoms with van der Waals surface area (Å²) in [4.78, 5) is 62.1. The van der Waals surface area contributed by atoms with Gasteiger partial charge in [-0.1, -0.05) is 6.07 Å². The van der Waals surface area contributed by atoms with E-state index in [1.165, 1.54) is 4.90 Å². The van der Waals surface area contributed by atoms with Crippen LogP contribution in [0.25, 0.3) is 0 Å². The van der Waals surface area contributed by atoms with Gasteiger partial charge in [0.2, 0.25) is 17.7 Å². The zero-order chi connectivity index (χ0) is 31.2. The van der Waals surface area contributed by atoms with Crippen LogP contribution in [-0.2, 0) is 44.6 Å². The lowest BCUT2D eigenvalue weighted by Gasteiger charge is -2.29. The number of benzene rings is 1. The van der Waals surface area contributed by atoms with Gasteiger partial charge in [-0.05, 0) is 39.3 Å². The number of hydrogen-bond donors (Lipinski definition) is 3. The lowest BCUT2D eigenvalue weighted by molar-refractivity contribution is -0.137. The molecule has 1 atom stereocenters.